The van der Waals surface area contributed by atoms with Crippen LogP contribution in [-0.4, -0.2) is 34.3 Å². The van der Waals surface area contributed by atoms with Gasteiger partial charge in [-0.15, -0.1) is 0 Å². The van der Waals surface area contributed by atoms with Gasteiger partial charge in [-0.05, 0) is 55.9 Å². The van der Waals surface area contributed by atoms with E-state index in [-0.39, 0.29) is 5.69 Å². The van der Waals surface area contributed by atoms with E-state index >= 15 is 0 Å². The Hall–Kier alpha value is -2.83. The topological polar surface area (TPSA) is 79.5 Å². The molecule has 2 fully saturated rings. The molecular weight excluding hydrogens is 461 g/mol. The number of aromatic carboxylic acids is 1. The highest BCUT2D eigenvalue weighted by Gasteiger charge is 2.32. The van der Waals surface area contributed by atoms with E-state index in [2.05, 4.69) is 27.2 Å². The molecule has 0 unspecified atom stereocenters. The van der Waals surface area contributed by atoms with Crippen molar-refractivity contribution in [3.8, 4) is 11.3 Å². The number of carbonyl (C=O) groups is 1. The van der Waals surface area contributed by atoms with Crippen LogP contribution in [-0.2, 0) is 0 Å². The molecule has 3 aromatic rings. The quantitative estimate of drug-likeness (QED) is 0.428. The Labute approximate surface area is 201 Å². The van der Waals surface area contributed by atoms with Crippen LogP contribution in [0.4, 0.5) is 5.69 Å². The summed E-state index contributed by atoms with van der Waals surface area (Å²) in [6.07, 6.45) is 10.2. The third-order valence-corrected chi connectivity index (χ3v) is 6.94. The fourth-order valence-corrected chi connectivity index (χ4v) is 4.87. The van der Waals surface area contributed by atoms with Crippen LogP contribution in [0.5, 0.6) is 0 Å². The summed E-state index contributed by atoms with van der Waals surface area (Å²) < 4.78 is 5.75. The second-order valence-electron chi connectivity index (χ2n) is 8.57. The predicted molar refractivity (Wildman–Crippen MR) is 129 cm³/mol. The molecular formula is C25H23Cl2N3O3. The Kier molecular flexibility index (Phi) is 6.13. The molecule has 1 aromatic carbocycles. The van der Waals surface area contributed by atoms with Gasteiger partial charge in [0, 0.05) is 30.1 Å². The van der Waals surface area contributed by atoms with Crippen molar-refractivity contribution in [2.24, 2.45) is 5.92 Å². The molecule has 0 radical (unpaired) electrons. The highest BCUT2D eigenvalue weighted by atomic mass is 35.5. The number of aromatic nitrogens is 2. The fraction of sp³-hybridized carbons (Fsp3) is 0.320. The number of anilines is 1. The smallest absolute Gasteiger partial charge is 0.354 e. The molecule has 2 aliphatic rings. The Morgan fingerprint density at radius 2 is 1.82 bits per heavy atom. The van der Waals surface area contributed by atoms with Crippen LogP contribution in [0.1, 0.15) is 53.4 Å². The van der Waals surface area contributed by atoms with Crippen molar-refractivity contribution in [2.75, 3.05) is 18.0 Å². The van der Waals surface area contributed by atoms with E-state index in [1.54, 1.807) is 12.3 Å². The summed E-state index contributed by atoms with van der Waals surface area (Å²) in [5, 5.41) is 14.5. The van der Waals surface area contributed by atoms with Crippen LogP contribution in [0.15, 0.2) is 47.1 Å². The van der Waals surface area contributed by atoms with Gasteiger partial charge in [0.1, 0.15) is 17.1 Å². The second-order valence-corrected chi connectivity index (χ2v) is 9.38. The van der Waals surface area contributed by atoms with Gasteiger partial charge in [-0.2, -0.15) is 0 Å². The largest absolute Gasteiger partial charge is 0.477 e. The molecule has 1 saturated heterocycles. The number of piperidine rings is 1. The molecule has 1 aliphatic carbocycles. The molecule has 3 heterocycles. The van der Waals surface area contributed by atoms with E-state index in [0.717, 1.165) is 55.8 Å². The number of halogens is 2. The minimum atomic E-state index is -1.01. The number of pyridine rings is 1. The van der Waals surface area contributed by atoms with E-state index < -0.39 is 5.97 Å². The third kappa shape index (κ3) is 4.63. The van der Waals surface area contributed by atoms with E-state index in [1.165, 1.54) is 0 Å². The first kappa shape index (κ1) is 22.0. The first-order valence-corrected chi connectivity index (χ1v) is 11.8. The molecule has 0 amide bonds. The number of benzene rings is 1. The Morgan fingerprint density at radius 3 is 2.42 bits per heavy atom. The molecule has 33 heavy (non-hydrogen) atoms. The second kappa shape index (κ2) is 9.20. The first-order chi connectivity index (χ1) is 16.0. The average Bonchev–Trinajstić information content (AvgIpc) is 3.58. The SMILES string of the molecule is O=C(O)c1ccc(N2CCC(C=Cc3c(-c4c(Cl)cccc4Cl)noc3C3CC3)CC2)cn1. The summed E-state index contributed by atoms with van der Waals surface area (Å²) in [6.45, 7) is 1.76. The van der Waals surface area contributed by atoms with E-state index in [9.17, 15) is 4.79 Å². The maximum atomic E-state index is 11.0. The zero-order chi connectivity index (χ0) is 22.9. The monoisotopic (exact) mass is 483 g/mol. The van der Waals surface area contributed by atoms with E-state index in [4.69, 9.17) is 32.8 Å². The van der Waals surface area contributed by atoms with Crippen LogP contribution in [0.2, 0.25) is 10.0 Å². The molecule has 0 spiro atoms. The number of nitrogens with zero attached hydrogens (tertiary/aromatic N) is 3. The summed E-state index contributed by atoms with van der Waals surface area (Å²) in [6, 6.07) is 8.83. The number of hydrogen-bond acceptors (Lipinski definition) is 5. The van der Waals surface area contributed by atoms with Crippen molar-refractivity contribution in [2.45, 2.75) is 31.6 Å². The molecule has 1 N–H and O–H groups in total. The average molecular weight is 484 g/mol. The Balaban J connectivity index is 1.32. The first-order valence-electron chi connectivity index (χ1n) is 11.1. The zero-order valence-electron chi connectivity index (χ0n) is 17.9. The highest BCUT2D eigenvalue weighted by Crippen LogP contribution is 2.46. The lowest BCUT2D eigenvalue weighted by molar-refractivity contribution is 0.0690. The van der Waals surface area contributed by atoms with Crippen LogP contribution < -0.4 is 4.90 Å². The van der Waals surface area contributed by atoms with Gasteiger partial charge in [-0.3, -0.25) is 0 Å². The number of rotatable bonds is 6. The number of carboxylic acids is 1. The van der Waals surface area contributed by atoms with Crippen LogP contribution in [0.3, 0.4) is 0 Å². The van der Waals surface area contributed by atoms with Crippen molar-refractivity contribution in [3.63, 3.8) is 0 Å². The van der Waals surface area contributed by atoms with Gasteiger partial charge in [0.05, 0.1) is 21.9 Å². The van der Waals surface area contributed by atoms with Gasteiger partial charge in [-0.1, -0.05) is 46.6 Å². The van der Waals surface area contributed by atoms with Crippen molar-refractivity contribution < 1.29 is 14.4 Å². The van der Waals surface area contributed by atoms with Crippen LogP contribution in [0.25, 0.3) is 17.3 Å². The highest BCUT2D eigenvalue weighted by molar-refractivity contribution is 6.39. The van der Waals surface area contributed by atoms with Gasteiger partial charge < -0.3 is 14.5 Å². The maximum absolute atomic E-state index is 11.0. The van der Waals surface area contributed by atoms with Gasteiger partial charge >= 0.3 is 5.97 Å². The van der Waals surface area contributed by atoms with Gasteiger partial charge in [0.25, 0.3) is 0 Å². The van der Waals surface area contributed by atoms with Crippen molar-refractivity contribution in [1.82, 2.24) is 10.1 Å². The number of allylic oxidation sites excluding steroid dienone is 1. The predicted octanol–water partition coefficient (Wildman–Crippen LogP) is 6.55. The Bertz CT molecular complexity index is 1170. The van der Waals surface area contributed by atoms with Crippen LogP contribution in [0, 0.1) is 5.92 Å². The van der Waals surface area contributed by atoms with E-state index in [0.29, 0.717) is 33.1 Å². The molecule has 5 rings (SSSR count). The molecule has 0 atom stereocenters. The van der Waals surface area contributed by atoms with Gasteiger partial charge in [0.2, 0.25) is 0 Å². The molecule has 6 nitrogen and oxygen atoms in total. The molecule has 2 aromatic heterocycles. The number of hydrogen-bond donors (Lipinski definition) is 1. The lowest BCUT2D eigenvalue weighted by Crippen LogP contribution is -2.33. The van der Waals surface area contributed by atoms with Crippen molar-refractivity contribution in [1.29, 1.82) is 0 Å². The summed E-state index contributed by atoms with van der Waals surface area (Å²) >= 11 is 12.9. The van der Waals surface area contributed by atoms with Crippen molar-refractivity contribution >= 4 is 40.9 Å². The molecule has 1 saturated carbocycles. The molecule has 1 aliphatic heterocycles. The third-order valence-electron chi connectivity index (χ3n) is 6.31. The summed E-state index contributed by atoms with van der Waals surface area (Å²) in [7, 11) is 0. The van der Waals surface area contributed by atoms with Crippen LogP contribution >= 0.6 is 23.2 Å². The lowest BCUT2D eigenvalue weighted by atomic mass is 9.94. The lowest BCUT2D eigenvalue weighted by Gasteiger charge is -2.32. The Morgan fingerprint density at radius 1 is 1.09 bits per heavy atom. The van der Waals surface area contributed by atoms with Gasteiger partial charge in [0.15, 0.2) is 0 Å². The molecule has 0 bridgehead atoms. The zero-order valence-corrected chi connectivity index (χ0v) is 19.4. The summed E-state index contributed by atoms with van der Waals surface area (Å²) in [5.41, 5.74) is 3.40. The van der Waals surface area contributed by atoms with Crippen molar-refractivity contribution in [3.05, 3.63) is 69.7 Å². The standard InChI is InChI=1S/C25H23Cl2N3O3/c26-19-2-1-3-20(27)22(19)23-18(24(33-29-23)16-5-6-16)8-4-15-10-12-30(13-11-15)17-7-9-21(25(31)32)28-14-17/h1-4,7-9,14-16H,5-6,10-13H2,(H,31,32). The molecule has 8 heteroatoms. The minimum absolute atomic E-state index is 0.0613. The normalized spacial score (nSPS) is 17.1. The maximum Gasteiger partial charge on any atom is 0.354 e. The summed E-state index contributed by atoms with van der Waals surface area (Å²) in [5.74, 6) is 0.737. The number of carboxylic acid groups (broad SMARTS) is 1. The minimum Gasteiger partial charge on any atom is -0.477 e. The molecule has 170 valence electrons. The van der Waals surface area contributed by atoms with Gasteiger partial charge in [-0.25, -0.2) is 9.78 Å². The summed E-state index contributed by atoms with van der Waals surface area (Å²) in [4.78, 5) is 17.3. The fourth-order valence-electron chi connectivity index (χ4n) is 4.30. The van der Waals surface area contributed by atoms with E-state index in [1.807, 2.05) is 24.3 Å².